The van der Waals surface area contributed by atoms with E-state index >= 15 is 0 Å². The topological polar surface area (TPSA) is 100 Å². The third-order valence-corrected chi connectivity index (χ3v) is 3.98. The number of hydrogen-bond donors (Lipinski definition) is 3. The van der Waals surface area contributed by atoms with Crippen LogP contribution in [0.25, 0.3) is 10.9 Å². The fourth-order valence-electron chi connectivity index (χ4n) is 2.71. The van der Waals surface area contributed by atoms with Crippen LogP contribution in [0.2, 0.25) is 0 Å². The molecule has 0 spiro atoms. The monoisotopic (exact) mass is 360 g/mol. The van der Waals surface area contributed by atoms with Crippen LogP contribution in [0.5, 0.6) is 0 Å². The van der Waals surface area contributed by atoms with Gasteiger partial charge in [-0.05, 0) is 42.5 Å². The molecule has 0 aliphatic heterocycles. The van der Waals surface area contributed by atoms with Crippen LogP contribution < -0.4 is 10.6 Å². The van der Waals surface area contributed by atoms with Crippen molar-refractivity contribution < 1.29 is 14.3 Å². The van der Waals surface area contributed by atoms with Gasteiger partial charge in [-0.3, -0.25) is 0 Å². The number of aromatic nitrogens is 2. The maximum atomic E-state index is 11.2. The van der Waals surface area contributed by atoms with Crippen LogP contribution in [0.15, 0.2) is 71.3 Å². The maximum Gasteiger partial charge on any atom is 0.335 e. The third kappa shape index (κ3) is 3.72. The highest BCUT2D eigenvalue weighted by molar-refractivity contribution is 5.91. The van der Waals surface area contributed by atoms with Crippen molar-refractivity contribution in [2.24, 2.45) is 0 Å². The molecule has 4 aromatic rings. The van der Waals surface area contributed by atoms with Gasteiger partial charge in [-0.1, -0.05) is 18.2 Å². The average molecular weight is 360 g/mol. The molecule has 3 N–H and O–H groups in total. The number of rotatable bonds is 6. The Kier molecular flexibility index (Phi) is 4.40. The number of furan rings is 1. The van der Waals surface area contributed by atoms with Gasteiger partial charge in [-0.25, -0.2) is 9.78 Å². The van der Waals surface area contributed by atoms with E-state index in [2.05, 4.69) is 20.6 Å². The molecule has 0 aliphatic carbocycles. The summed E-state index contributed by atoms with van der Waals surface area (Å²) in [5.41, 5.74) is 1.56. The molecule has 4 rings (SSSR count). The zero-order valence-corrected chi connectivity index (χ0v) is 14.2. The van der Waals surface area contributed by atoms with E-state index in [1.807, 2.05) is 36.4 Å². The van der Waals surface area contributed by atoms with Gasteiger partial charge in [0.2, 0.25) is 5.95 Å². The Balaban J connectivity index is 1.66. The first-order valence-electron chi connectivity index (χ1n) is 8.32. The van der Waals surface area contributed by atoms with Gasteiger partial charge >= 0.3 is 5.97 Å². The molecule has 27 heavy (non-hydrogen) atoms. The summed E-state index contributed by atoms with van der Waals surface area (Å²) in [4.78, 5) is 20.2. The normalized spacial score (nSPS) is 10.7. The molecule has 0 saturated carbocycles. The molecule has 0 radical (unpaired) electrons. The van der Waals surface area contributed by atoms with Crippen LogP contribution in [0.4, 0.5) is 17.5 Å². The zero-order valence-electron chi connectivity index (χ0n) is 14.2. The first kappa shape index (κ1) is 16.6. The SMILES string of the molecule is O=C(O)c1cccc(Nc2nc(NCc3ccco3)c3ccccc3n2)c1. The summed E-state index contributed by atoms with van der Waals surface area (Å²) in [6, 6.07) is 17.9. The minimum Gasteiger partial charge on any atom is -0.478 e. The van der Waals surface area contributed by atoms with Crippen LogP contribution in [0, 0.1) is 0 Å². The van der Waals surface area contributed by atoms with Crippen LogP contribution >= 0.6 is 0 Å². The van der Waals surface area contributed by atoms with Crippen LogP contribution in [-0.4, -0.2) is 21.0 Å². The zero-order chi connectivity index (χ0) is 18.6. The first-order chi connectivity index (χ1) is 13.2. The highest BCUT2D eigenvalue weighted by atomic mass is 16.4. The molecule has 7 nitrogen and oxygen atoms in total. The molecular weight excluding hydrogens is 344 g/mol. The second-order valence-corrected chi connectivity index (χ2v) is 5.86. The molecule has 2 heterocycles. The van der Waals surface area contributed by atoms with Crippen molar-refractivity contribution in [3.05, 3.63) is 78.3 Å². The number of aromatic carboxylic acids is 1. The number of hydrogen-bond acceptors (Lipinski definition) is 6. The molecular formula is C20H16N4O3. The van der Waals surface area contributed by atoms with Gasteiger partial charge in [0, 0.05) is 11.1 Å². The van der Waals surface area contributed by atoms with Gasteiger partial charge < -0.3 is 20.2 Å². The van der Waals surface area contributed by atoms with Gasteiger partial charge in [0.05, 0.1) is 23.9 Å². The van der Waals surface area contributed by atoms with E-state index < -0.39 is 5.97 Å². The van der Waals surface area contributed by atoms with Crippen molar-refractivity contribution in [3.63, 3.8) is 0 Å². The minimum atomic E-state index is -0.987. The molecule has 134 valence electrons. The molecule has 0 fully saturated rings. The largest absolute Gasteiger partial charge is 0.478 e. The molecule has 0 saturated heterocycles. The smallest absolute Gasteiger partial charge is 0.335 e. The van der Waals surface area contributed by atoms with Crippen LogP contribution in [0.1, 0.15) is 16.1 Å². The van der Waals surface area contributed by atoms with E-state index in [1.54, 1.807) is 18.4 Å². The summed E-state index contributed by atoms with van der Waals surface area (Å²) in [7, 11) is 0. The number of nitrogens with one attached hydrogen (secondary N) is 2. The molecule has 0 bridgehead atoms. The number of benzene rings is 2. The van der Waals surface area contributed by atoms with E-state index in [1.165, 1.54) is 12.1 Å². The van der Waals surface area contributed by atoms with Crippen LogP contribution in [-0.2, 0) is 6.54 Å². The molecule has 0 atom stereocenters. The van der Waals surface area contributed by atoms with Crippen molar-refractivity contribution in [1.29, 1.82) is 0 Å². The molecule has 2 aromatic heterocycles. The molecule has 7 heteroatoms. The number of carbonyl (C=O) groups is 1. The number of carboxylic acid groups (broad SMARTS) is 1. The Hall–Kier alpha value is -3.87. The van der Waals surface area contributed by atoms with Gasteiger partial charge in [-0.2, -0.15) is 4.98 Å². The summed E-state index contributed by atoms with van der Waals surface area (Å²) in [5, 5.41) is 16.4. The quantitative estimate of drug-likeness (QED) is 0.472. The molecule has 0 amide bonds. The summed E-state index contributed by atoms with van der Waals surface area (Å²) in [6.07, 6.45) is 1.62. The highest BCUT2D eigenvalue weighted by Gasteiger charge is 2.09. The Bertz CT molecular complexity index is 1090. The van der Waals surface area contributed by atoms with Crippen molar-refractivity contribution in [1.82, 2.24) is 9.97 Å². The first-order valence-corrected chi connectivity index (χ1v) is 8.32. The summed E-state index contributed by atoms with van der Waals surface area (Å²) in [5.74, 6) is 0.840. The summed E-state index contributed by atoms with van der Waals surface area (Å²) in [6.45, 7) is 0.488. The fraction of sp³-hybridized carbons (Fsp3) is 0.0500. The molecule has 2 aromatic carbocycles. The minimum absolute atomic E-state index is 0.192. The Morgan fingerprint density at radius 2 is 1.93 bits per heavy atom. The second kappa shape index (κ2) is 7.17. The van der Waals surface area contributed by atoms with Gasteiger partial charge in [-0.15, -0.1) is 0 Å². The lowest BCUT2D eigenvalue weighted by atomic mass is 10.2. The Morgan fingerprint density at radius 3 is 2.74 bits per heavy atom. The van der Waals surface area contributed by atoms with E-state index in [0.29, 0.717) is 24.0 Å². The number of para-hydroxylation sites is 1. The number of carboxylic acids is 1. The van der Waals surface area contributed by atoms with E-state index in [9.17, 15) is 4.79 Å². The summed E-state index contributed by atoms with van der Waals surface area (Å²) < 4.78 is 5.35. The van der Waals surface area contributed by atoms with Crippen molar-refractivity contribution in [2.45, 2.75) is 6.54 Å². The predicted octanol–water partition coefficient (Wildman–Crippen LogP) is 4.28. The Morgan fingerprint density at radius 1 is 1.04 bits per heavy atom. The van der Waals surface area contributed by atoms with E-state index in [-0.39, 0.29) is 5.56 Å². The lowest BCUT2D eigenvalue weighted by Crippen LogP contribution is -2.05. The van der Waals surface area contributed by atoms with E-state index in [0.717, 1.165) is 16.7 Å². The fourth-order valence-corrected chi connectivity index (χ4v) is 2.71. The Labute approximate surface area is 154 Å². The maximum absolute atomic E-state index is 11.2. The van der Waals surface area contributed by atoms with Gasteiger partial charge in [0.1, 0.15) is 11.6 Å². The van der Waals surface area contributed by atoms with Gasteiger partial charge in [0.25, 0.3) is 0 Å². The third-order valence-electron chi connectivity index (χ3n) is 3.98. The molecule has 0 aliphatic rings. The standard InChI is InChI=1S/C20H16N4O3/c25-19(26)13-5-3-6-14(11-13)22-20-23-17-9-2-1-8-16(17)18(24-20)21-12-15-7-4-10-27-15/h1-11H,12H2,(H,25,26)(H2,21,22,23,24). The number of nitrogens with zero attached hydrogens (tertiary/aromatic N) is 2. The number of anilines is 3. The molecule has 0 unspecified atom stereocenters. The van der Waals surface area contributed by atoms with Crippen molar-refractivity contribution in [3.8, 4) is 0 Å². The second-order valence-electron chi connectivity index (χ2n) is 5.86. The lowest BCUT2D eigenvalue weighted by Gasteiger charge is -2.11. The predicted molar refractivity (Wildman–Crippen MR) is 102 cm³/mol. The number of fused-ring (bicyclic) bond motifs is 1. The van der Waals surface area contributed by atoms with E-state index in [4.69, 9.17) is 9.52 Å². The highest BCUT2D eigenvalue weighted by Crippen LogP contribution is 2.24. The van der Waals surface area contributed by atoms with Gasteiger partial charge in [0.15, 0.2) is 0 Å². The summed E-state index contributed by atoms with van der Waals surface area (Å²) >= 11 is 0. The van der Waals surface area contributed by atoms with Crippen LogP contribution in [0.3, 0.4) is 0 Å². The average Bonchev–Trinajstić information content (AvgIpc) is 3.20. The van der Waals surface area contributed by atoms with Crippen molar-refractivity contribution >= 4 is 34.3 Å². The lowest BCUT2D eigenvalue weighted by molar-refractivity contribution is 0.0697. The van der Waals surface area contributed by atoms with Crippen molar-refractivity contribution in [2.75, 3.05) is 10.6 Å².